The number of hydrogen-bond acceptors (Lipinski definition) is 1. The first kappa shape index (κ1) is 35.6. The molecule has 15 rings (SSSR count). The number of benzene rings is 10. The van der Waals surface area contributed by atoms with Gasteiger partial charge >= 0.3 is 6.85 Å². The summed E-state index contributed by atoms with van der Waals surface area (Å²) < 4.78 is 2.77. The van der Waals surface area contributed by atoms with Crippen LogP contribution in [0.1, 0.15) is 29.5 Å². The first-order valence-electron chi connectivity index (χ1n) is 23.2. The topological polar surface area (TPSA) is 8.17 Å². The molecule has 11 aromatic rings. The van der Waals surface area contributed by atoms with Crippen LogP contribution < -0.4 is 15.8 Å². The maximum atomic E-state index is 2.77. The first-order valence-corrected chi connectivity index (χ1v) is 23.2. The molecular formula is C62H41BN2. The first-order chi connectivity index (χ1) is 32.2. The van der Waals surface area contributed by atoms with Crippen LogP contribution >= 0.6 is 0 Å². The molecule has 2 aliphatic carbocycles. The molecule has 10 aromatic carbocycles. The normalized spacial score (nSPS) is 14.5. The van der Waals surface area contributed by atoms with Gasteiger partial charge in [0.05, 0.1) is 0 Å². The predicted octanol–water partition coefficient (Wildman–Crippen LogP) is 15.0. The van der Waals surface area contributed by atoms with E-state index in [9.17, 15) is 0 Å². The van der Waals surface area contributed by atoms with Gasteiger partial charge in [0.15, 0.2) is 0 Å². The fourth-order valence-electron chi connectivity index (χ4n) is 12.6. The molecule has 0 saturated heterocycles. The lowest BCUT2D eigenvalue weighted by Gasteiger charge is -2.42. The van der Waals surface area contributed by atoms with E-state index < -0.39 is 0 Å². The van der Waals surface area contributed by atoms with E-state index in [0.717, 1.165) is 24.9 Å². The van der Waals surface area contributed by atoms with Gasteiger partial charge in [-0.25, -0.2) is 0 Å². The maximum Gasteiger partial charge on any atom is 0.333 e. The highest BCUT2D eigenvalue weighted by Crippen LogP contribution is 2.53. The summed E-state index contributed by atoms with van der Waals surface area (Å²) in [6.45, 7) is 2.32. The maximum absolute atomic E-state index is 2.77. The fraction of sp³-hybridized carbons (Fsp3) is 0.0645. The average molecular weight is 825 g/mol. The SMILES string of the molecule is Cc1c2c(cc3cc4ccccc4cc13)B1c3c(cc4ccccc4c3-c3cc4c(c5c6ccccc6n1c35)CC1=C4C=CCC1)N2c1cc(-c2ccccc2)cc(-c2ccccc2)c1. The Hall–Kier alpha value is -7.88. The Kier molecular flexibility index (Phi) is 7.17. The van der Waals surface area contributed by atoms with Gasteiger partial charge in [-0.15, -0.1) is 0 Å². The summed E-state index contributed by atoms with van der Waals surface area (Å²) in [6.07, 6.45) is 8.10. The molecule has 0 radical (unpaired) electrons. The lowest BCUT2D eigenvalue weighted by atomic mass is 9.44. The number of anilines is 3. The summed E-state index contributed by atoms with van der Waals surface area (Å²) in [5.74, 6) is 0. The molecule has 0 spiro atoms. The molecule has 65 heavy (non-hydrogen) atoms. The minimum absolute atomic E-state index is 0.0619. The molecule has 302 valence electrons. The van der Waals surface area contributed by atoms with Gasteiger partial charge in [0.25, 0.3) is 0 Å². The number of aromatic nitrogens is 1. The van der Waals surface area contributed by atoms with E-state index in [4.69, 9.17) is 0 Å². The van der Waals surface area contributed by atoms with Crippen LogP contribution in [-0.4, -0.2) is 11.3 Å². The van der Waals surface area contributed by atoms with Gasteiger partial charge in [-0.2, -0.15) is 0 Å². The van der Waals surface area contributed by atoms with Crippen LogP contribution in [0.4, 0.5) is 17.1 Å². The zero-order chi connectivity index (χ0) is 42.5. The highest BCUT2D eigenvalue weighted by molar-refractivity contribution is 6.90. The summed E-state index contributed by atoms with van der Waals surface area (Å²) in [5.41, 5.74) is 23.9. The fourth-order valence-corrected chi connectivity index (χ4v) is 12.6. The zero-order valence-corrected chi connectivity index (χ0v) is 36.1. The number of hydrogen-bond donors (Lipinski definition) is 0. The Labute approximate surface area is 378 Å². The summed E-state index contributed by atoms with van der Waals surface area (Å²) >= 11 is 0. The molecule has 1 aromatic heterocycles. The lowest BCUT2D eigenvalue weighted by Crippen LogP contribution is -2.57. The van der Waals surface area contributed by atoms with Crippen molar-refractivity contribution in [3.05, 3.63) is 216 Å². The van der Waals surface area contributed by atoms with Crippen molar-refractivity contribution in [3.8, 4) is 33.4 Å². The lowest BCUT2D eigenvalue weighted by molar-refractivity contribution is 0.937. The van der Waals surface area contributed by atoms with E-state index in [1.807, 2.05) is 0 Å². The van der Waals surface area contributed by atoms with Crippen LogP contribution in [0.15, 0.2) is 200 Å². The molecule has 0 N–H and O–H groups in total. The largest absolute Gasteiger partial charge is 0.375 e. The summed E-state index contributed by atoms with van der Waals surface area (Å²) in [6, 6.07) is 69.0. The van der Waals surface area contributed by atoms with E-state index in [2.05, 4.69) is 210 Å². The third kappa shape index (κ3) is 4.85. The van der Waals surface area contributed by atoms with Gasteiger partial charge in [-0.1, -0.05) is 151 Å². The molecule has 0 saturated carbocycles. The zero-order valence-electron chi connectivity index (χ0n) is 36.1. The molecule has 0 atom stereocenters. The minimum atomic E-state index is -0.0619. The van der Waals surface area contributed by atoms with Gasteiger partial charge in [-0.3, -0.25) is 0 Å². The van der Waals surface area contributed by atoms with Crippen LogP contribution in [0.3, 0.4) is 0 Å². The van der Waals surface area contributed by atoms with Gasteiger partial charge < -0.3 is 9.38 Å². The molecule has 0 bridgehead atoms. The number of allylic oxidation sites excluding steroid dienone is 4. The van der Waals surface area contributed by atoms with Crippen LogP contribution in [0, 0.1) is 6.92 Å². The standard InChI is InChI=1S/C62H41BN2/c1-37-51-32-41-21-9-8-20-40(41)28-46(51)34-55-61(37)64(47-30-44(38-16-4-2-5-17-38)29-45(31-47)39-18-6-3-7-19-39)57-35-43-23-11-13-25-49(43)58-54-36-52-48-24-12-10-22-42(48)33-53(52)59-50-26-14-15-27-56(50)65(62(54)59)63(55)60(57)58/h2-9,11-21,23-32,34-36H,10,22,33H2,1H3. The van der Waals surface area contributed by atoms with E-state index in [1.54, 1.807) is 5.57 Å². The van der Waals surface area contributed by atoms with Gasteiger partial charge in [0.2, 0.25) is 0 Å². The monoisotopic (exact) mass is 824 g/mol. The van der Waals surface area contributed by atoms with Gasteiger partial charge in [0.1, 0.15) is 0 Å². The van der Waals surface area contributed by atoms with Crippen LogP contribution in [0.2, 0.25) is 0 Å². The smallest absolute Gasteiger partial charge is 0.333 e. The quantitative estimate of drug-likeness (QED) is 0.127. The third-order valence-electron chi connectivity index (χ3n) is 15.3. The summed E-state index contributed by atoms with van der Waals surface area (Å²) in [5, 5.41) is 10.5. The van der Waals surface area contributed by atoms with Crippen molar-refractivity contribution in [1.82, 2.24) is 4.48 Å². The van der Waals surface area contributed by atoms with Crippen molar-refractivity contribution in [3.63, 3.8) is 0 Å². The van der Waals surface area contributed by atoms with Gasteiger partial charge in [0, 0.05) is 44.4 Å². The highest BCUT2D eigenvalue weighted by atomic mass is 15.2. The number of nitrogens with zero attached hydrogens (tertiary/aromatic N) is 2. The van der Waals surface area contributed by atoms with Crippen molar-refractivity contribution in [2.75, 3.05) is 4.90 Å². The van der Waals surface area contributed by atoms with Crippen molar-refractivity contribution in [1.29, 1.82) is 0 Å². The molecule has 0 fully saturated rings. The highest BCUT2D eigenvalue weighted by Gasteiger charge is 2.45. The van der Waals surface area contributed by atoms with E-state index in [-0.39, 0.29) is 6.85 Å². The molecule has 2 aliphatic heterocycles. The molecular weight excluding hydrogens is 784 g/mol. The van der Waals surface area contributed by atoms with Crippen molar-refractivity contribution < 1.29 is 0 Å². The Balaban J connectivity index is 1.14. The van der Waals surface area contributed by atoms with E-state index in [0.29, 0.717) is 0 Å². The number of fused-ring (bicyclic) bond motifs is 14. The molecule has 0 amide bonds. The Morgan fingerprint density at radius 3 is 1.98 bits per heavy atom. The Bertz CT molecular complexity index is 3930. The van der Waals surface area contributed by atoms with Crippen molar-refractivity contribution in [2.24, 2.45) is 0 Å². The molecule has 3 heteroatoms. The number of rotatable bonds is 3. The Morgan fingerprint density at radius 1 is 0.538 bits per heavy atom. The van der Waals surface area contributed by atoms with Crippen LogP contribution in [0.5, 0.6) is 0 Å². The number of aryl methyl sites for hydroxylation is 1. The van der Waals surface area contributed by atoms with Crippen molar-refractivity contribution in [2.45, 2.75) is 26.2 Å². The second-order valence-electron chi connectivity index (χ2n) is 18.7. The molecule has 0 unspecified atom stereocenters. The second-order valence-corrected chi connectivity index (χ2v) is 18.7. The second kappa shape index (κ2) is 13.1. The molecule has 4 aliphatic rings. The Morgan fingerprint density at radius 2 is 1.22 bits per heavy atom. The van der Waals surface area contributed by atoms with Crippen LogP contribution in [-0.2, 0) is 6.42 Å². The average Bonchev–Trinajstić information content (AvgIpc) is 3.91. The van der Waals surface area contributed by atoms with Gasteiger partial charge in [-0.05, 0) is 168 Å². The van der Waals surface area contributed by atoms with Crippen molar-refractivity contribution >= 4 is 94.5 Å². The third-order valence-corrected chi connectivity index (χ3v) is 15.3. The minimum Gasteiger partial charge on any atom is -0.375 e. The van der Waals surface area contributed by atoms with E-state index >= 15 is 0 Å². The summed E-state index contributed by atoms with van der Waals surface area (Å²) in [7, 11) is 0. The van der Waals surface area contributed by atoms with E-state index in [1.165, 1.54) is 132 Å². The predicted molar refractivity (Wildman–Crippen MR) is 277 cm³/mol. The molecule has 2 nitrogen and oxygen atoms in total. The van der Waals surface area contributed by atoms with Crippen LogP contribution in [0.25, 0.3) is 93.1 Å². The summed E-state index contributed by atoms with van der Waals surface area (Å²) in [4.78, 5) is 2.66. The molecule has 3 heterocycles. The number of para-hydroxylation sites is 1.